The summed E-state index contributed by atoms with van der Waals surface area (Å²) in [5.74, 6) is -0.555. The topological polar surface area (TPSA) is 75.4 Å². The van der Waals surface area contributed by atoms with Crippen molar-refractivity contribution in [1.29, 1.82) is 0 Å². The number of hydrogen-bond acceptors (Lipinski definition) is 3. The van der Waals surface area contributed by atoms with E-state index in [9.17, 15) is 9.59 Å². The number of rotatable bonds is 5. The van der Waals surface area contributed by atoms with Gasteiger partial charge in [-0.15, -0.1) is 0 Å². The molecular weight excluding hydrogens is 318 g/mol. The molecule has 6 nitrogen and oxygen atoms in total. The zero-order valence-electron chi connectivity index (χ0n) is 14.4. The van der Waals surface area contributed by atoms with Crippen LogP contribution in [0.2, 0.25) is 0 Å². The predicted molar refractivity (Wildman–Crippen MR) is 93.5 cm³/mol. The number of carbonyl (C=O) groups excluding carboxylic acids is 1. The minimum Gasteiger partial charge on any atom is -0.478 e. The number of carbonyl (C=O) groups is 2. The Hall–Kier alpha value is -2.63. The van der Waals surface area contributed by atoms with Crippen LogP contribution in [0.25, 0.3) is 0 Å². The summed E-state index contributed by atoms with van der Waals surface area (Å²) >= 11 is 0. The van der Waals surface area contributed by atoms with Crippen LogP contribution in [0.4, 0.5) is 0 Å². The van der Waals surface area contributed by atoms with Crippen LogP contribution in [0.3, 0.4) is 0 Å². The molecule has 0 spiro atoms. The first-order chi connectivity index (χ1) is 12.0. The lowest BCUT2D eigenvalue weighted by Gasteiger charge is -2.33. The molecule has 0 radical (unpaired) electrons. The van der Waals surface area contributed by atoms with Crippen molar-refractivity contribution >= 4 is 11.9 Å². The third-order valence-electron chi connectivity index (χ3n) is 4.76. The molecule has 6 heteroatoms. The van der Waals surface area contributed by atoms with Crippen LogP contribution >= 0.6 is 0 Å². The van der Waals surface area contributed by atoms with Gasteiger partial charge in [0, 0.05) is 38.7 Å². The molecule has 0 aliphatic carbocycles. The summed E-state index contributed by atoms with van der Waals surface area (Å²) in [7, 11) is 1.87. The van der Waals surface area contributed by atoms with E-state index in [1.54, 1.807) is 29.1 Å². The van der Waals surface area contributed by atoms with Crippen LogP contribution in [0.15, 0.2) is 36.7 Å². The molecule has 25 heavy (non-hydrogen) atoms. The van der Waals surface area contributed by atoms with Crippen molar-refractivity contribution in [2.24, 2.45) is 7.05 Å². The Bertz CT molecular complexity index is 769. The summed E-state index contributed by atoms with van der Waals surface area (Å²) in [6, 6.07) is 7.07. The summed E-state index contributed by atoms with van der Waals surface area (Å²) in [4.78, 5) is 25.6. The maximum Gasteiger partial charge on any atom is 0.335 e. The number of carboxylic acids is 1. The molecule has 3 rings (SSSR count). The molecule has 1 N–H and O–H groups in total. The Balaban J connectivity index is 1.61. The number of likely N-dealkylation sites (tertiary alicyclic amines) is 1. The number of aromatic carboxylic acids is 1. The molecule has 1 aliphatic heterocycles. The fraction of sp³-hybridized carbons (Fsp3) is 0.421. The molecule has 1 unspecified atom stereocenters. The second-order valence-corrected chi connectivity index (χ2v) is 6.63. The summed E-state index contributed by atoms with van der Waals surface area (Å²) in [6.07, 6.45) is 6.83. The minimum atomic E-state index is -0.915. The van der Waals surface area contributed by atoms with E-state index in [-0.39, 0.29) is 11.8 Å². The molecule has 1 saturated heterocycles. The number of benzene rings is 1. The van der Waals surface area contributed by atoms with Crippen LogP contribution in [0, 0.1) is 0 Å². The SMILES string of the molecule is Cn1cc(CCC(=O)N2CCCC(c3cccc(C(=O)O)c3)C2)cn1. The van der Waals surface area contributed by atoms with Gasteiger partial charge in [0.2, 0.25) is 5.91 Å². The highest BCUT2D eigenvalue weighted by molar-refractivity contribution is 5.87. The van der Waals surface area contributed by atoms with Gasteiger partial charge in [0.25, 0.3) is 0 Å². The standard InChI is InChI=1S/C19H23N3O3/c1-21-12-14(11-20-21)7-8-18(23)22-9-3-6-17(13-22)15-4-2-5-16(10-15)19(24)25/h2,4-5,10-12,17H,3,6-9,13H2,1H3,(H,24,25). The molecule has 0 saturated carbocycles. The van der Waals surface area contributed by atoms with Gasteiger partial charge in [0.15, 0.2) is 0 Å². The Morgan fingerprint density at radius 2 is 2.20 bits per heavy atom. The highest BCUT2D eigenvalue weighted by Crippen LogP contribution is 2.28. The molecule has 1 aromatic carbocycles. The van der Waals surface area contributed by atoms with Gasteiger partial charge in [-0.1, -0.05) is 12.1 Å². The van der Waals surface area contributed by atoms with Crippen molar-refractivity contribution in [3.8, 4) is 0 Å². The maximum atomic E-state index is 12.5. The van der Waals surface area contributed by atoms with Gasteiger partial charge in [-0.25, -0.2) is 4.79 Å². The summed E-state index contributed by atoms with van der Waals surface area (Å²) in [5.41, 5.74) is 2.38. The quantitative estimate of drug-likeness (QED) is 0.906. The van der Waals surface area contributed by atoms with Crippen LogP contribution in [0.5, 0.6) is 0 Å². The molecule has 2 aromatic rings. The second-order valence-electron chi connectivity index (χ2n) is 6.63. The fourth-order valence-electron chi connectivity index (χ4n) is 3.41. The number of piperidine rings is 1. The molecule has 1 aliphatic rings. The van der Waals surface area contributed by atoms with Crippen molar-refractivity contribution in [2.45, 2.75) is 31.6 Å². The van der Waals surface area contributed by atoms with E-state index in [0.29, 0.717) is 24.9 Å². The van der Waals surface area contributed by atoms with Gasteiger partial charge in [-0.3, -0.25) is 9.48 Å². The normalized spacial score (nSPS) is 17.5. The van der Waals surface area contributed by atoms with Crippen molar-refractivity contribution < 1.29 is 14.7 Å². The molecule has 1 atom stereocenters. The first-order valence-corrected chi connectivity index (χ1v) is 8.61. The molecule has 1 aromatic heterocycles. The highest BCUT2D eigenvalue weighted by atomic mass is 16.4. The lowest BCUT2D eigenvalue weighted by Crippen LogP contribution is -2.39. The smallest absolute Gasteiger partial charge is 0.335 e. The Labute approximate surface area is 147 Å². The number of amides is 1. The first kappa shape index (κ1) is 17.2. The second kappa shape index (κ2) is 7.51. The van der Waals surface area contributed by atoms with E-state index in [4.69, 9.17) is 5.11 Å². The highest BCUT2D eigenvalue weighted by Gasteiger charge is 2.25. The average molecular weight is 341 g/mol. The van der Waals surface area contributed by atoms with Crippen molar-refractivity contribution in [3.63, 3.8) is 0 Å². The summed E-state index contributed by atoms with van der Waals surface area (Å²) < 4.78 is 1.74. The lowest BCUT2D eigenvalue weighted by molar-refractivity contribution is -0.132. The monoisotopic (exact) mass is 341 g/mol. The fourth-order valence-corrected chi connectivity index (χ4v) is 3.41. The van der Waals surface area contributed by atoms with E-state index in [1.165, 1.54) is 0 Å². The minimum absolute atomic E-state index is 0.156. The van der Waals surface area contributed by atoms with Gasteiger partial charge >= 0.3 is 5.97 Å². The van der Waals surface area contributed by atoms with Crippen LogP contribution in [-0.2, 0) is 18.3 Å². The average Bonchev–Trinajstić information content (AvgIpc) is 3.05. The summed E-state index contributed by atoms with van der Waals surface area (Å²) in [5, 5.41) is 13.3. The van der Waals surface area contributed by atoms with E-state index < -0.39 is 5.97 Å². The van der Waals surface area contributed by atoms with E-state index in [2.05, 4.69) is 5.10 Å². The van der Waals surface area contributed by atoms with Gasteiger partial charge in [-0.2, -0.15) is 5.10 Å². The zero-order chi connectivity index (χ0) is 17.8. The third-order valence-corrected chi connectivity index (χ3v) is 4.76. The van der Waals surface area contributed by atoms with Gasteiger partial charge < -0.3 is 10.0 Å². The lowest BCUT2D eigenvalue weighted by atomic mass is 9.89. The summed E-state index contributed by atoms with van der Waals surface area (Å²) in [6.45, 7) is 1.44. The zero-order valence-corrected chi connectivity index (χ0v) is 14.4. The largest absolute Gasteiger partial charge is 0.478 e. The third kappa shape index (κ3) is 4.26. The van der Waals surface area contributed by atoms with Crippen LogP contribution < -0.4 is 0 Å². The molecule has 132 valence electrons. The molecule has 0 bridgehead atoms. The molecular formula is C19H23N3O3. The van der Waals surface area contributed by atoms with Gasteiger partial charge in [0.1, 0.15) is 0 Å². The van der Waals surface area contributed by atoms with E-state index in [1.807, 2.05) is 24.2 Å². The Kier molecular flexibility index (Phi) is 5.16. The number of carboxylic acid groups (broad SMARTS) is 1. The molecule has 2 heterocycles. The number of nitrogens with zero attached hydrogens (tertiary/aromatic N) is 3. The number of hydrogen-bond donors (Lipinski definition) is 1. The first-order valence-electron chi connectivity index (χ1n) is 8.61. The van der Waals surface area contributed by atoms with Crippen molar-refractivity contribution in [1.82, 2.24) is 14.7 Å². The van der Waals surface area contributed by atoms with Crippen LogP contribution in [-0.4, -0.2) is 44.8 Å². The number of aromatic nitrogens is 2. The van der Waals surface area contributed by atoms with Crippen LogP contribution in [0.1, 0.15) is 46.7 Å². The predicted octanol–water partition coefficient (Wildman–Crippen LogP) is 2.46. The maximum absolute atomic E-state index is 12.5. The molecule has 1 fully saturated rings. The van der Waals surface area contributed by atoms with Crippen molar-refractivity contribution in [3.05, 3.63) is 53.3 Å². The van der Waals surface area contributed by atoms with E-state index >= 15 is 0 Å². The molecule has 1 amide bonds. The Morgan fingerprint density at radius 3 is 2.92 bits per heavy atom. The van der Waals surface area contributed by atoms with Gasteiger partial charge in [0.05, 0.1) is 11.8 Å². The number of aryl methyl sites for hydroxylation is 2. The van der Waals surface area contributed by atoms with E-state index in [0.717, 1.165) is 30.5 Å². The van der Waals surface area contributed by atoms with Crippen molar-refractivity contribution in [2.75, 3.05) is 13.1 Å². The van der Waals surface area contributed by atoms with Gasteiger partial charge in [-0.05, 0) is 42.5 Å². The Morgan fingerprint density at radius 1 is 1.36 bits per heavy atom.